The molecule has 0 bridgehead atoms. The number of hydrogen-bond acceptors (Lipinski definition) is 6. The van der Waals surface area contributed by atoms with Crippen molar-refractivity contribution in [3.05, 3.63) is 66.7 Å². The summed E-state index contributed by atoms with van der Waals surface area (Å²) in [6.45, 7) is 0. The predicted molar refractivity (Wildman–Crippen MR) is 97.8 cm³/mol. The molecule has 0 spiro atoms. The van der Waals surface area contributed by atoms with Gasteiger partial charge in [0.2, 0.25) is 0 Å². The molecule has 0 radical (unpaired) electrons. The molecule has 7 nitrogen and oxygen atoms in total. The zero-order valence-corrected chi connectivity index (χ0v) is 14.8. The van der Waals surface area contributed by atoms with Gasteiger partial charge in [0.25, 0.3) is 15.9 Å². The number of hydrogen-bond donors (Lipinski definition) is 2. The zero-order valence-electron chi connectivity index (χ0n) is 13.2. The molecule has 1 aliphatic rings. The molecule has 3 aromatic rings. The van der Waals surface area contributed by atoms with Gasteiger partial charge in [-0.2, -0.15) is 0 Å². The third-order valence-corrected chi connectivity index (χ3v) is 6.20. The van der Waals surface area contributed by atoms with E-state index < -0.39 is 10.0 Å². The van der Waals surface area contributed by atoms with Crippen molar-refractivity contribution in [3.63, 3.8) is 0 Å². The fourth-order valence-electron chi connectivity index (χ4n) is 2.48. The molecule has 1 aromatic heterocycles. The zero-order chi connectivity index (χ0) is 18.1. The molecule has 0 aliphatic carbocycles. The van der Waals surface area contributed by atoms with Crippen LogP contribution in [-0.4, -0.2) is 24.3 Å². The van der Waals surface area contributed by atoms with Gasteiger partial charge in [0, 0.05) is 9.79 Å². The van der Waals surface area contributed by atoms with Crippen molar-refractivity contribution >= 4 is 39.1 Å². The van der Waals surface area contributed by atoms with E-state index >= 15 is 0 Å². The van der Waals surface area contributed by atoms with Gasteiger partial charge in [-0.05, 0) is 30.3 Å². The van der Waals surface area contributed by atoms with Crippen LogP contribution in [0.4, 0.5) is 11.4 Å². The van der Waals surface area contributed by atoms with Gasteiger partial charge in [-0.1, -0.05) is 23.9 Å². The van der Waals surface area contributed by atoms with Crippen LogP contribution in [0.3, 0.4) is 0 Å². The SMILES string of the molecule is O=C1Nc2cc(S(=O)(=O)Nc3cncnc3)ccc2Sc2ccccc21. The number of amides is 1. The quantitative estimate of drug-likeness (QED) is 0.720. The molecule has 2 N–H and O–H groups in total. The Morgan fingerprint density at radius 3 is 2.58 bits per heavy atom. The van der Waals surface area contributed by atoms with Crippen LogP contribution < -0.4 is 10.0 Å². The minimum absolute atomic E-state index is 0.0342. The van der Waals surface area contributed by atoms with Crippen LogP contribution in [0.5, 0.6) is 0 Å². The standard InChI is InChI=1S/C17H12N4O3S2/c22-17-13-3-1-2-4-15(13)25-16-6-5-12(7-14(16)20-17)26(23,24)21-11-8-18-10-19-9-11/h1-10,21H,(H,20,22). The molecule has 0 saturated carbocycles. The summed E-state index contributed by atoms with van der Waals surface area (Å²) in [6, 6.07) is 11.9. The molecule has 130 valence electrons. The molecule has 0 saturated heterocycles. The van der Waals surface area contributed by atoms with Gasteiger partial charge >= 0.3 is 0 Å². The first-order valence-electron chi connectivity index (χ1n) is 7.53. The number of carbonyl (C=O) groups is 1. The predicted octanol–water partition coefficient (Wildman–Crippen LogP) is 2.99. The third kappa shape index (κ3) is 3.14. The van der Waals surface area contributed by atoms with Gasteiger partial charge < -0.3 is 5.32 Å². The van der Waals surface area contributed by atoms with Crippen molar-refractivity contribution in [2.75, 3.05) is 10.0 Å². The Morgan fingerprint density at radius 1 is 1.00 bits per heavy atom. The Kier molecular flexibility index (Phi) is 4.09. The molecule has 26 heavy (non-hydrogen) atoms. The van der Waals surface area contributed by atoms with E-state index in [2.05, 4.69) is 20.0 Å². The van der Waals surface area contributed by atoms with Crippen molar-refractivity contribution in [3.8, 4) is 0 Å². The van der Waals surface area contributed by atoms with Gasteiger partial charge in [0.05, 0.1) is 34.2 Å². The average molecular weight is 384 g/mol. The van der Waals surface area contributed by atoms with Gasteiger partial charge in [-0.15, -0.1) is 0 Å². The molecular formula is C17H12N4O3S2. The highest BCUT2D eigenvalue weighted by Crippen LogP contribution is 2.39. The number of sulfonamides is 1. The van der Waals surface area contributed by atoms with Gasteiger partial charge in [-0.3, -0.25) is 9.52 Å². The lowest BCUT2D eigenvalue weighted by Gasteiger charge is -2.11. The summed E-state index contributed by atoms with van der Waals surface area (Å²) < 4.78 is 27.6. The van der Waals surface area contributed by atoms with E-state index in [1.807, 2.05) is 12.1 Å². The smallest absolute Gasteiger partial charge is 0.262 e. The molecule has 1 aliphatic heterocycles. The van der Waals surface area contributed by atoms with Crippen LogP contribution in [0.2, 0.25) is 0 Å². The van der Waals surface area contributed by atoms with E-state index in [9.17, 15) is 13.2 Å². The van der Waals surface area contributed by atoms with Gasteiger partial charge in [0.15, 0.2) is 0 Å². The van der Waals surface area contributed by atoms with Crippen LogP contribution in [0.15, 0.2) is 75.9 Å². The monoisotopic (exact) mass is 384 g/mol. The second-order valence-electron chi connectivity index (χ2n) is 5.44. The van der Waals surface area contributed by atoms with E-state index in [1.54, 1.807) is 18.2 Å². The largest absolute Gasteiger partial charge is 0.321 e. The van der Waals surface area contributed by atoms with E-state index in [0.29, 0.717) is 11.3 Å². The minimum atomic E-state index is -3.83. The van der Waals surface area contributed by atoms with Crippen LogP contribution in [0, 0.1) is 0 Å². The highest BCUT2D eigenvalue weighted by molar-refractivity contribution is 7.99. The highest BCUT2D eigenvalue weighted by atomic mass is 32.2. The first-order valence-corrected chi connectivity index (χ1v) is 9.83. The number of anilines is 2. The number of fused-ring (bicyclic) bond motifs is 2. The Morgan fingerprint density at radius 2 is 1.77 bits per heavy atom. The molecule has 0 atom stereocenters. The summed E-state index contributed by atoms with van der Waals surface area (Å²) in [5, 5.41) is 2.78. The summed E-state index contributed by atoms with van der Waals surface area (Å²) in [6.07, 6.45) is 4.04. The summed E-state index contributed by atoms with van der Waals surface area (Å²) >= 11 is 1.41. The molecule has 0 fully saturated rings. The third-order valence-electron chi connectivity index (χ3n) is 3.67. The maximum absolute atomic E-state index is 12.6. The summed E-state index contributed by atoms with van der Waals surface area (Å²) in [5.74, 6) is -0.272. The molecule has 9 heteroatoms. The first kappa shape index (κ1) is 16.6. The van der Waals surface area contributed by atoms with Crippen LogP contribution in [-0.2, 0) is 10.0 Å². The molecule has 0 unspecified atom stereocenters. The van der Waals surface area contributed by atoms with Crippen molar-refractivity contribution < 1.29 is 13.2 Å². The van der Waals surface area contributed by atoms with E-state index in [-0.39, 0.29) is 16.5 Å². The summed E-state index contributed by atoms with van der Waals surface area (Å²) in [5.41, 5.74) is 1.26. The lowest BCUT2D eigenvalue weighted by Crippen LogP contribution is -2.15. The second-order valence-corrected chi connectivity index (χ2v) is 8.21. The van der Waals surface area contributed by atoms with Crippen molar-refractivity contribution in [2.24, 2.45) is 0 Å². The lowest BCUT2D eigenvalue weighted by molar-refractivity contribution is 0.102. The minimum Gasteiger partial charge on any atom is -0.321 e. The van der Waals surface area contributed by atoms with Crippen molar-refractivity contribution in [1.29, 1.82) is 0 Å². The van der Waals surface area contributed by atoms with Gasteiger partial charge in [0.1, 0.15) is 6.33 Å². The topological polar surface area (TPSA) is 101 Å². The Labute approximate surface area is 153 Å². The van der Waals surface area contributed by atoms with E-state index in [0.717, 1.165) is 9.79 Å². The van der Waals surface area contributed by atoms with Crippen LogP contribution in [0.1, 0.15) is 10.4 Å². The van der Waals surface area contributed by atoms with Crippen LogP contribution >= 0.6 is 11.8 Å². The fourth-order valence-corrected chi connectivity index (χ4v) is 4.54. The number of nitrogens with zero attached hydrogens (tertiary/aromatic N) is 2. The molecule has 1 amide bonds. The first-order chi connectivity index (χ1) is 12.5. The number of nitrogens with one attached hydrogen (secondary N) is 2. The van der Waals surface area contributed by atoms with Crippen molar-refractivity contribution in [2.45, 2.75) is 14.7 Å². The number of rotatable bonds is 3. The van der Waals surface area contributed by atoms with Gasteiger partial charge in [-0.25, -0.2) is 18.4 Å². The summed E-state index contributed by atoms with van der Waals surface area (Å²) in [7, 11) is -3.83. The van der Waals surface area contributed by atoms with E-state index in [1.165, 1.54) is 42.6 Å². The number of benzene rings is 2. The Balaban J connectivity index is 1.70. The molecule has 2 aromatic carbocycles. The Hall–Kier alpha value is -2.91. The average Bonchev–Trinajstić information content (AvgIpc) is 2.77. The number of carbonyl (C=O) groups excluding carboxylic acids is 1. The van der Waals surface area contributed by atoms with E-state index in [4.69, 9.17) is 0 Å². The normalized spacial score (nSPS) is 13.2. The molecule has 2 heterocycles. The maximum Gasteiger partial charge on any atom is 0.262 e. The fraction of sp³-hybridized carbons (Fsp3) is 0. The lowest BCUT2D eigenvalue weighted by atomic mass is 10.2. The van der Waals surface area contributed by atoms with Crippen molar-refractivity contribution in [1.82, 2.24) is 9.97 Å². The Bertz CT molecular complexity index is 1100. The second kappa shape index (κ2) is 6.43. The highest BCUT2D eigenvalue weighted by Gasteiger charge is 2.22. The van der Waals surface area contributed by atoms with Crippen LogP contribution in [0.25, 0.3) is 0 Å². The molecular weight excluding hydrogens is 372 g/mol. The number of aromatic nitrogens is 2. The summed E-state index contributed by atoms with van der Waals surface area (Å²) in [4.78, 5) is 21.6. The molecule has 4 rings (SSSR count). The maximum atomic E-state index is 12.6.